The maximum Gasteiger partial charge on any atom is 0.169 e. The molecule has 0 saturated heterocycles. The largest absolute Gasteiger partial charge is 0.493 e. The molecule has 2 nitrogen and oxygen atoms in total. The molecule has 0 aliphatic heterocycles. The van der Waals surface area contributed by atoms with Crippen molar-refractivity contribution < 1.29 is 9.53 Å². The van der Waals surface area contributed by atoms with Crippen LogP contribution in [0.4, 0.5) is 0 Å². The van der Waals surface area contributed by atoms with Gasteiger partial charge in [-0.3, -0.25) is 4.79 Å². The molecule has 0 spiro atoms. The van der Waals surface area contributed by atoms with E-state index in [1.54, 1.807) is 0 Å². The van der Waals surface area contributed by atoms with Gasteiger partial charge in [0.15, 0.2) is 5.78 Å². The van der Waals surface area contributed by atoms with Crippen LogP contribution in [-0.2, 0) is 0 Å². The Kier molecular flexibility index (Phi) is 4.18. The third-order valence-corrected chi connectivity index (χ3v) is 3.34. The molecule has 0 aromatic heterocycles. The zero-order valence-corrected chi connectivity index (χ0v) is 10.4. The number of ether oxygens (including phenoxy) is 1. The lowest BCUT2D eigenvalue weighted by molar-refractivity contribution is 0.0918. The highest BCUT2D eigenvalue weighted by molar-refractivity contribution is 6.00. The molecule has 0 atom stereocenters. The summed E-state index contributed by atoms with van der Waals surface area (Å²) in [5.74, 6) is 1.25. The number of para-hydroxylation sites is 1. The van der Waals surface area contributed by atoms with Crippen LogP contribution in [0.1, 0.15) is 49.4 Å². The zero-order valence-electron chi connectivity index (χ0n) is 10.4. The van der Waals surface area contributed by atoms with Crippen molar-refractivity contribution in [2.75, 3.05) is 6.61 Å². The van der Waals surface area contributed by atoms with E-state index in [1.807, 2.05) is 24.3 Å². The van der Waals surface area contributed by atoms with Crippen LogP contribution < -0.4 is 4.74 Å². The molecule has 0 N–H and O–H groups in total. The van der Waals surface area contributed by atoms with Crippen LogP contribution in [0.5, 0.6) is 5.75 Å². The lowest BCUT2D eigenvalue weighted by Crippen LogP contribution is -2.13. The van der Waals surface area contributed by atoms with Crippen molar-refractivity contribution in [3.8, 4) is 5.75 Å². The molecule has 2 rings (SSSR count). The van der Waals surface area contributed by atoms with E-state index in [4.69, 9.17) is 4.74 Å². The summed E-state index contributed by atoms with van der Waals surface area (Å²) in [6, 6.07) is 7.64. The van der Waals surface area contributed by atoms with E-state index in [2.05, 4.69) is 6.92 Å². The SMILES string of the molecule is CCCOc1ccccc1C(=O)C1CCCC1. The minimum Gasteiger partial charge on any atom is -0.493 e. The Bertz CT molecular complexity index is 378. The highest BCUT2D eigenvalue weighted by Crippen LogP contribution is 2.31. The zero-order chi connectivity index (χ0) is 12.1. The van der Waals surface area contributed by atoms with Gasteiger partial charge in [-0.15, -0.1) is 0 Å². The molecule has 17 heavy (non-hydrogen) atoms. The van der Waals surface area contributed by atoms with Crippen molar-refractivity contribution in [2.24, 2.45) is 5.92 Å². The monoisotopic (exact) mass is 232 g/mol. The fraction of sp³-hybridized carbons (Fsp3) is 0.533. The Morgan fingerprint density at radius 1 is 1.29 bits per heavy atom. The van der Waals surface area contributed by atoms with Gasteiger partial charge in [-0.1, -0.05) is 31.9 Å². The van der Waals surface area contributed by atoms with Crippen LogP contribution in [-0.4, -0.2) is 12.4 Å². The van der Waals surface area contributed by atoms with E-state index in [0.717, 1.165) is 30.6 Å². The van der Waals surface area contributed by atoms with Gasteiger partial charge in [0, 0.05) is 5.92 Å². The molecule has 0 unspecified atom stereocenters. The number of rotatable bonds is 5. The minimum absolute atomic E-state index is 0.223. The van der Waals surface area contributed by atoms with E-state index in [-0.39, 0.29) is 11.7 Å². The Hall–Kier alpha value is -1.31. The summed E-state index contributed by atoms with van der Waals surface area (Å²) in [6.07, 6.45) is 5.43. The third-order valence-electron chi connectivity index (χ3n) is 3.34. The van der Waals surface area contributed by atoms with Crippen LogP contribution in [0.25, 0.3) is 0 Å². The van der Waals surface area contributed by atoms with Gasteiger partial charge in [-0.25, -0.2) is 0 Å². The molecule has 1 aliphatic rings. The molecular formula is C15H20O2. The molecule has 1 aromatic rings. The third kappa shape index (κ3) is 2.87. The second-order valence-corrected chi connectivity index (χ2v) is 4.69. The number of carbonyl (C=O) groups is 1. The average molecular weight is 232 g/mol. The second-order valence-electron chi connectivity index (χ2n) is 4.69. The standard InChI is InChI=1S/C15H20O2/c1-2-11-17-14-10-6-5-9-13(14)15(16)12-7-3-4-8-12/h5-6,9-10,12H,2-4,7-8,11H2,1H3. The van der Waals surface area contributed by atoms with E-state index in [9.17, 15) is 4.79 Å². The van der Waals surface area contributed by atoms with Gasteiger partial charge in [0.1, 0.15) is 5.75 Å². The van der Waals surface area contributed by atoms with E-state index in [0.29, 0.717) is 6.61 Å². The van der Waals surface area contributed by atoms with Gasteiger partial charge in [0.25, 0.3) is 0 Å². The van der Waals surface area contributed by atoms with E-state index >= 15 is 0 Å². The summed E-state index contributed by atoms with van der Waals surface area (Å²) in [5.41, 5.74) is 0.771. The van der Waals surface area contributed by atoms with Crippen molar-refractivity contribution >= 4 is 5.78 Å². The summed E-state index contributed by atoms with van der Waals surface area (Å²) in [5, 5.41) is 0. The number of hydrogen-bond donors (Lipinski definition) is 0. The highest BCUT2D eigenvalue weighted by Gasteiger charge is 2.25. The molecule has 0 amide bonds. The van der Waals surface area contributed by atoms with Crippen LogP contribution in [0.3, 0.4) is 0 Å². The minimum atomic E-state index is 0.223. The fourth-order valence-electron chi connectivity index (χ4n) is 2.42. The Labute approximate surface area is 103 Å². The predicted molar refractivity (Wildman–Crippen MR) is 68.5 cm³/mol. The van der Waals surface area contributed by atoms with E-state index in [1.165, 1.54) is 12.8 Å². The Morgan fingerprint density at radius 2 is 2.00 bits per heavy atom. The lowest BCUT2D eigenvalue weighted by atomic mass is 9.96. The lowest BCUT2D eigenvalue weighted by Gasteiger charge is -2.13. The maximum atomic E-state index is 12.4. The van der Waals surface area contributed by atoms with Crippen molar-refractivity contribution in [1.82, 2.24) is 0 Å². The molecule has 2 heteroatoms. The van der Waals surface area contributed by atoms with Crippen molar-refractivity contribution in [3.63, 3.8) is 0 Å². The first-order valence-corrected chi connectivity index (χ1v) is 6.59. The number of hydrogen-bond acceptors (Lipinski definition) is 2. The molecular weight excluding hydrogens is 212 g/mol. The number of benzene rings is 1. The van der Waals surface area contributed by atoms with Crippen LogP contribution in [0, 0.1) is 5.92 Å². The topological polar surface area (TPSA) is 26.3 Å². The molecule has 1 saturated carbocycles. The summed E-state index contributed by atoms with van der Waals surface area (Å²) < 4.78 is 5.65. The van der Waals surface area contributed by atoms with Crippen molar-refractivity contribution in [2.45, 2.75) is 39.0 Å². The Balaban J connectivity index is 2.15. The molecule has 0 bridgehead atoms. The molecule has 1 aromatic carbocycles. The number of ketones is 1. The first-order chi connectivity index (χ1) is 8.33. The second kappa shape index (κ2) is 5.85. The summed E-state index contributed by atoms with van der Waals surface area (Å²) in [6.45, 7) is 2.75. The first kappa shape index (κ1) is 12.2. The summed E-state index contributed by atoms with van der Waals surface area (Å²) in [4.78, 5) is 12.4. The molecule has 0 heterocycles. The highest BCUT2D eigenvalue weighted by atomic mass is 16.5. The van der Waals surface area contributed by atoms with Crippen LogP contribution >= 0.6 is 0 Å². The quantitative estimate of drug-likeness (QED) is 0.721. The van der Waals surface area contributed by atoms with E-state index < -0.39 is 0 Å². The van der Waals surface area contributed by atoms with Gasteiger partial charge >= 0.3 is 0 Å². The Morgan fingerprint density at radius 3 is 2.71 bits per heavy atom. The molecule has 1 fully saturated rings. The number of Topliss-reactive ketones (excluding diaryl/α,β-unsaturated/α-hetero) is 1. The van der Waals surface area contributed by atoms with Gasteiger partial charge in [-0.05, 0) is 31.4 Å². The average Bonchev–Trinajstić information content (AvgIpc) is 2.89. The fourth-order valence-corrected chi connectivity index (χ4v) is 2.42. The van der Waals surface area contributed by atoms with Gasteiger partial charge in [-0.2, -0.15) is 0 Å². The summed E-state index contributed by atoms with van der Waals surface area (Å²) in [7, 11) is 0. The maximum absolute atomic E-state index is 12.4. The molecule has 0 radical (unpaired) electrons. The number of carbonyl (C=O) groups excluding carboxylic acids is 1. The van der Waals surface area contributed by atoms with Gasteiger partial charge in [0.2, 0.25) is 0 Å². The van der Waals surface area contributed by atoms with Crippen LogP contribution in [0.2, 0.25) is 0 Å². The van der Waals surface area contributed by atoms with Crippen molar-refractivity contribution in [3.05, 3.63) is 29.8 Å². The normalized spacial score (nSPS) is 16.1. The summed E-state index contributed by atoms with van der Waals surface area (Å²) >= 11 is 0. The van der Waals surface area contributed by atoms with Crippen LogP contribution in [0.15, 0.2) is 24.3 Å². The van der Waals surface area contributed by atoms with Crippen molar-refractivity contribution in [1.29, 1.82) is 0 Å². The predicted octanol–water partition coefficient (Wildman–Crippen LogP) is 3.85. The van der Waals surface area contributed by atoms with Gasteiger partial charge < -0.3 is 4.74 Å². The van der Waals surface area contributed by atoms with Gasteiger partial charge in [0.05, 0.1) is 12.2 Å². The first-order valence-electron chi connectivity index (χ1n) is 6.59. The molecule has 1 aliphatic carbocycles. The smallest absolute Gasteiger partial charge is 0.169 e. The molecule has 92 valence electrons.